The van der Waals surface area contributed by atoms with Crippen molar-refractivity contribution in [1.29, 1.82) is 0 Å². The summed E-state index contributed by atoms with van der Waals surface area (Å²) >= 11 is 0. The molecule has 1 unspecified atom stereocenters. The van der Waals surface area contributed by atoms with Gasteiger partial charge in [0, 0.05) is 11.8 Å². The Morgan fingerprint density at radius 3 is 2.91 bits per heavy atom. The van der Waals surface area contributed by atoms with E-state index in [4.69, 9.17) is 9.47 Å². The second-order valence-corrected chi connectivity index (χ2v) is 5.10. The van der Waals surface area contributed by atoms with E-state index in [0.29, 0.717) is 11.4 Å². The number of hydrogen-bond donors (Lipinski definition) is 1. The number of carbonyl (C=O) groups is 2. The van der Waals surface area contributed by atoms with Gasteiger partial charge in [-0.25, -0.2) is 4.39 Å². The van der Waals surface area contributed by atoms with E-state index in [9.17, 15) is 14.0 Å². The van der Waals surface area contributed by atoms with Crippen LogP contribution in [0, 0.1) is 5.82 Å². The van der Waals surface area contributed by atoms with Crippen molar-refractivity contribution in [2.45, 2.75) is 12.5 Å². The van der Waals surface area contributed by atoms with Crippen LogP contribution in [-0.2, 0) is 4.79 Å². The summed E-state index contributed by atoms with van der Waals surface area (Å²) in [5.41, 5.74) is 0.700. The zero-order valence-corrected chi connectivity index (χ0v) is 12.3. The van der Waals surface area contributed by atoms with Crippen LogP contribution in [0.2, 0.25) is 0 Å². The van der Waals surface area contributed by atoms with Gasteiger partial charge in [-0.1, -0.05) is 6.07 Å². The van der Waals surface area contributed by atoms with Crippen molar-refractivity contribution in [1.82, 2.24) is 0 Å². The molecule has 1 amide bonds. The first kappa shape index (κ1) is 15.0. The number of rotatable bonds is 3. The monoisotopic (exact) mass is 315 g/mol. The highest BCUT2D eigenvalue weighted by molar-refractivity contribution is 6.05. The first-order valence-corrected chi connectivity index (χ1v) is 7.01. The minimum absolute atomic E-state index is 0.133. The van der Waals surface area contributed by atoms with Crippen LogP contribution in [0.4, 0.5) is 10.1 Å². The third-order valence-electron chi connectivity index (χ3n) is 3.51. The number of carbonyl (C=O) groups excluding carboxylic acids is 2. The van der Waals surface area contributed by atoms with E-state index in [1.54, 1.807) is 24.3 Å². The highest BCUT2D eigenvalue weighted by Gasteiger charge is 2.31. The van der Waals surface area contributed by atoms with E-state index >= 15 is 0 Å². The molecule has 2 aromatic carbocycles. The zero-order chi connectivity index (χ0) is 16.4. The number of ketones is 1. The number of methoxy groups -OCH3 is 1. The molecule has 0 spiro atoms. The van der Waals surface area contributed by atoms with Gasteiger partial charge in [0.1, 0.15) is 17.3 Å². The summed E-state index contributed by atoms with van der Waals surface area (Å²) in [5.74, 6) is -0.462. The van der Waals surface area contributed by atoms with Crippen molar-refractivity contribution in [2.75, 3.05) is 12.4 Å². The predicted molar refractivity (Wildman–Crippen MR) is 81.4 cm³/mol. The number of halogens is 1. The Balaban J connectivity index is 1.76. The predicted octanol–water partition coefficient (Wildman–Crippen LogP) is 2.81. The minimum Gasteiger partial charge on any atom is -0.497 e. The molecule has 1 heterocycles. The zero-order valence-electron chi connectivity index (χ0n) is 12.3. The van der Waals surface area contributed by atoms with Gasteiger partial charge >= 0.3 is 0 Å². The summed E-state index contributed by atoms with van der Waals surface area (Å²) in [5, 5.41) is 2.68. The molecular formula is C17H14FNO4. The Hall–Kier alpha value is -2.89. The number of ether oxygens (including phenoxy) is 2. The maximum absolute atomic E-state index is 13.2. The molecule has 1 N–H and O–H groups in total. The lowest BCUT2D eigenvalue weighted by Crippen LogP contribution is -2.38. The van der Waals surface area contributed by atoms with E-state index < -0.39 is 17.8 Å². The summed E-state index contributed by atoms with van der Waals surface area (Å²) < 4.78 is 23.8. The average molecular weight is 315 g/mol. The lowest BCUT2D eigenvalue weighted by Gasteiger charge is -2.24. The number of amides is 1. The molecule has 1 aliphatic rings. The molecule has 0 fully saturated rings. The molecule has 23 heavy (non-hydrogen) atoms. The van der Waals surface area contributed by atoms with E-state index in [0.717, 1.165) is 6.07 Å². The maximum Gasteiger partial charge on any atom is 0.265 e. The van der Waals surface area contributed by atoms with Crippen molar-refractivity contribution in [3.63, 3.8) is 0 Å². The number of hydrogen-bond acceptors (Lipinski definition) is 4. The van der Waals surface area contributed by atoms with Gasteiger partial charge in [-0.3, -0.25) is 9.59 Å². The molecule has 2 aromatic rings. The van der Waals surface area contributed by atoms with Crippen LogP contribution < -0.4 is 14.8 Å². The van der Waals surface area contributed by atoms with E-state index in [1.807, 2.05) is 0 Å². The fourth-order valence-corrected chi connectivity index (χ4v) is 2.37. The topological polar surface area (TPSA) is 64.6 Å². The Morgan fingerprint density at radius 1 is 1.30 bits per heavy atom. The number of anilines is 1. The number of fused-ring (bicyclic) bond motifs is 1. The van der Waals surface area contributed by atoms with Crippen LogP contribution >= 0.6 is 0 Å². The van der Waals surface area contributed by atoms with Crippen LogP contribution in [0.25, 0.3) is 0 Å². The maximum atomic E-state index is 13.2. The molecule has 0 saturated carbocycles. The standard InChI is InChI=1S/C17H14FNO4/c1-22-12-4-2-3-11(8-12)19-17(21)16-9-14(20)13-7-10(18)5-6-15(13)23-16/h2-8,16H,9H2,1H3,(H,19,21). The molecule has 3 rings (SSSR count). The van der Waals surface area contributed by atoms with Gasteiger partial charge in [-0.15, -0.1) is 0 Å². The molecule has 0 aromatic heterocycles. The molecule has 1 atom stereocenters. The highest BCUT2D eigenvalue weighted by atomic mass is 19.1. The second-order valence-electron chi connectivity index (χ2n) is 5.10. The summed E-state index contributed by atoms with van der Waals surface area (Å²) in [7, 11) is 1.53. The van der Waals surface area contributed by atoms with Crippen LogP contribution in [0.3, 0.4) is 0 Å². The smallest absolute Gasteiger partial charge is 0.265 e. The molecule has 5 nitrogen and oxygen atoms in total. The lowest BCUT2D eigenvalue weighted by molar-refractivity contribution is -0.122. The second kappa shape index (κ2) is 6.08. The molecule has 118 valence electrons. The molecule has 0 radical (unpaired) electrons. The van der Waals surface area contributed by atoms with Gasteiger partial charge in [0.2, 0.25) is 0 Å². The molecule has 0 bridgehead atoms. The highest BCUT2D eigenvalue weighted by Crippen LogP contribution is 2.29. The number of Topliss-reactive ketones (excluding diaryl/α,β-unsaturated/α-hetero) is 1. The summed E-state index contributed by atoms with van der Waals surface area (Å²) in [6, 6.07) is 10.5. The molecule has 0 saturated heterocycles. The Kier molecular flexibility index (Phi) is 3.97. The van der Waals surface area contributed by atoms with E-state index in [2.05, 4.69) is 5.32 Å². The van der Waals surface area contributed by atoms with Crippen LogP contribution in [0.15, 0.2) is 42.5 Å². The first-order valence-electron chi connectivity index (χ1n) is 7.01. The van der Waals surface area contributed by atoms with E-state index in [1.165, 1.54) is 19.2 Å². The van der Waals surface area contributed by atoms with Gasteiger partial charge in [-0.2, -0.15) is 0 Å². The van der Waals surface area contributed by atoms with Crippen molar-refractivity contribution in [3.8, 4) is 11.5 Å². The van der Waals surface area contributed by atoms with Crippen molar-refractivity contribution < 1.29 is 23.5 Å². The van der Waals surface area contributed by atoms with Gasteiger partial charge in [-0.05, 0) is 30.3 Å². The number of nitrogens with one attached hydrogen (secondary N) is 1. The Bertz CT molecular complexity index is 775. The summed E-state index contributed by atoms with van der Waals surface area (Å²) in [6.45, 7) is 0. The number of benzene rings is 2. The van der Waals surface area contributed by atoms with E-state index in [-0.39, 0.29) is 23.5 Å². The minimum atomic E-state index is -0.952. The van der Waals surface area contributed by atoms with Gasteiger partial charge in [0.25, 0.3) is 5.91 Å². The third-order valence-corrected chi connectivity index (χ3v) is 3.51. The molecule has 6 heteroatoms. The lowest BCUT2D eigenvalue weighted by atomic mass is 10.00. The summed E-state index contributed by atoms with van der Waals surface area (Å²) in [4.78, 5) is 24.3. The normalized spacial score (nSPS) is 16.3. The Labute approximate surface area is 132 Å². The Morgan fingerprint density at radius 2 is 2.13 bits per heavy atom. The van der Waals surface area contributed by atoms with Crippen LogP contribution in [0.5, 0.6) is 11.5 Å². The van der Waals surface area contributed by atoms with Gasteiger partial charge in [0.15, 0.2) is 11.9 Å². The third kappa shape index (κ3) is 3.15. The fourth-order valence-electron chi connectivity index (χ4n) is 2.37. The SMILES string of the molecule is COc1cccc(NC(=O)C2CC(=O)c3cc(F)ccc3O2)c1. The molecule has 0 aliphatic carbocycles. The van der Waals surface area contributed by atoms with Crippen molar-refractivity contribution in [3.05, 3.63) is 53.8 Å². The van der Waals surface area contributed by atoms with Crippen molar-refractivity contribution in [2.24, 2.45) is 0 Å². The van der Waals surface area contributed by atoms with Crippen molar-refractivity contribution >= 4 is 17.4 Å². The van der Waals surface area contributed by atoms with Crippen LogP contribution in [0.1, 0.15) is 16.8 Å². The fraction of sp³-hybridized carbons (Fsp3) is 0.176. The quantitative estimate of drug-likeness (QED) is 0.946. The largest absolute Gasteiger partial charge is 0.497 e. The van der Waals surface area contributed by atoms with Crippen LogP contribution in [-0.4, -0.2) is 24.9 Å². The average Bonchev–Trinajstić information content (AvgIpc) is 2.55. The summed E-state index contributed by atoms with van der Waals surface area (Å²) in [6.07, 6.45) is -1.08. The van der Waals surface area contributed by atoms with Gasteiger partial charge < -0.3 is 14.8 Å². The first-order chi connectivity index (χ1) is 11.1. The van der Waals surface area contributed by atoms with Gasteiger partial charge in [0.05, 0.1) is 19.1 Å². The molecule has 1 aliphatic heterocycles. The molecular weight excluding hydrogens is 301 g/mol.